The molecule has 0 N–H and O–H groups in total. The number of Topliss-reactive ketones (excluding diaryl/α,β-unsaturated/α-hetero) is 1. The average Bonchev–Trinajstić information content (AvgIpc) is 3.08. The fourth-order valence-electron chi connectivity index (χ4n) is 4.41. The quantitative estimate of drug-likeness (QED) is 0.826. The Morgan fingerprint density at radius 2 is 1.92 bits per heavy atom. The maximum Gasteiger partial charge on any atom is 0.226 e. The second-order valence-electron chi connectivity index (χ2n) is 7.51. The molecule has 0 bridgehead atoms. The van der Waals surface area contributed by atoms with E-state index in [0.29, 0.717) is 18.5 Å². The van der Waals surface area contributed by atoms with Gasteiger partial charge in [-0.15, -0.1) is 0 Å². The molecule has 1 fully saturated rings. The molecule has 1 aliphatic heterocycles. The molecular weight excluding hydrogens is 314 g/mol. The van der Waals surface area contributed by atoms with E-state index in [-0.39, 0.29) is 11.7 Å². The molecule has 5 nitrogen and oxygen atoms in total. The predicted molar refractivity (Wildman–Crippen MR) is 96.1 cm³/mol. The van der Waals surface area contributed by atoms with E-state index in [9.17, 15) is 4.79 Å². The monoisotopic (exact) mass is 339 g/mol. The zero-order valence-electron chi connectivity index (χ0n) is 15.2. The number of rotatable bonds is 2. The van der Waals surface area contributed by atoms with Crippen LogP contribution in [0.5, 0.6) is 0 Å². The van der Waals surface area contributed by atoms with Gasteiger partial charge < -0.3 is 9.32 Å². The van der Waals surface area contributed by atoms with Crippen LogP contribution in [-0.4, -0.2) is 27.8 Å². The molecule has 2 aromatic rings. The van der Waals surface area contributed by atoms with E-state index in [1.54, 1.807) is 6.26 Å². The van der Waals surface area contributed by atoms with Gasteiger partial charge in [-0.05, 0) is 52.2 Å². The lowest BCUT2D eigenvalue weighted by atomic mass is 9.84. The summed E-state index contributed by atoms with van der Waals surface area (Å²) in [5.74, 6) is 1.86. The van der Waals surface area contributed by atoms with Crippen molar-refractivity contribution in [2.24, 2.45) is 0 Å². The molecule has 25 heavy (non-hydrogen) atoms. The maximum atomic E-state index is 12.7. The number of aromatic nitrogens is 2. The van der Waals surface area contributed by atoms with Gasteiger partial charge in [0.05, 0.1) is 23.2 Å². The van der Waals surface area contributed by atoms with Gasteiger partial charge in [-0.2, -0.15) is 0 Å². The molecule has 3 atom stereocenters. The summed E-state index contributed by atoms with van der Waals surface area (Å²) < 4.78 is 5.54. The second-order valence-corrected chi connectivity index (χ2v) is 7.51. The molecule has 2 aromatic heterocycles. The first kappa shape index (κ1) is 16.3. The molecule has 5 heteroatoms. The van der Waals surface area contributed by atoms with Crippen molar-refractivity contribution in [3.63, 3.8) is 0 Å². The normalized spacial score (nSPS) is 26.6. The number of fused-ring (bicyclic) bond motifs is 1. The number of ketones is 1. The summed E-state index contributed by atoms with van der Waals surface area (Å²) in [7, 11) is 0. The highest BCUT2D eigenvalue weighted by Crippen LogP contribution is 2.35. The second kappa shape index (κ2) is 6.28. The highest BCUT2D eigenvalue weighted by atomic mass is 16.3. The standard InChI is InChI=1S/C20H25N3O2/c1-12-6-4-7-13(2)23(12)20-21-14(3)19-16(22-20)10-15(11-17(19)24)18-8-5-9-25-18/h5,8-9,12-13,15H,4,6-7,10-11H2,1-3H3/t12-,13+,15-/m1/s1. The Kier molecular flexibility index (Phi) is 4.10. The van der Waals surface area contributed by atoms with Gasteiger partial charge in [0.1, 0.15) is 5.76 Å². The lowest BCUT2D eigenvalue weighted by molar-refractivity contribution is 0.0958. The summed E-state index contributed by atoms with van der Waals surface area (Å²) in [6, 6.07) is 4.69. The smallest absolute Gasteiger partial charge is 0.226 e. The number of carbonyl (C=O) groups is 1. The first-order chi connectivity index (χ1) is 12.0. The summed E-state index contributed by atoms with van der Waals surface area (Å²) in [6.45, 7) is 6.42. The highest BCUT2D eigenvalue weighted by molar-refractivity contribution is 5.99. The molecule has 1 saturated heterocycles. The lowest BCUT2D eigenvalue weighted by Crippen LogP contribution is -2.45. The Hall–Kier alpha value is -2.17. The Morgan fingerprint density at radius 1 is 1.16 bits per heavy atom. The van der Waals surface area contributed by atoms with Crippen LogP contribution < -0.4 is 4.90 Å². The minimum absolute atomic E-state index is 0.0772. The van der Waals surface area contributed by atoms with Crippen molar-refractivity contribution >= 4 is 11.7 Å². The van der Waals surface area contributed by atoms with Crippen LogP contribution in [0, 0.1) is 6.92 Å². The van der Waals surface area contributed by atoms with E-state index in [1.165, 1.54) is 6.42 Å². The summed E-state index contributed by atoms with van der Waals surface area (Å²) >= 11 is 0. The fraction of sp³-hybridized carbons (Fsp3) is 0.550. The third kappa shape index (κ3) is 2.86. The average molecular weight is 339 g/mol. The van der Waals surface area contributed by atoms with Crippen molar-refractivity contribution in [1.82, 2.24) is 9.97 Å². The van der Waals surface area contributed by atoms with Crippen molar-refractivity contribution in [2.45, 2.75) is 70.9 Å². The number of nitrogens with zero attached hydrogens (tertiary/aromatic N) is 3. The number of piperidine rings is 1. The molecule has 0 unspecified atom stereocenters. The summed E-state index contributed by atoms with van der Waals surface area (Å²) in [5, 5.41) is 0. The number of hydrogen-bond acceptors (Lipinski definition) is 5. The van der Waals surface area contributed by atoms with Crippen LogP contribution >= 0.6 is 0 Å². The lowest BCUT2D eigenvalue weighted by Gasteiger charge is -2.39. The zero-order valence-corrected chi connectivity index (χ0v) is 15.2. The van der Waals surface area contributed by atoms with Crippen molar-refractivity contribution in [2.75, 3.05) is 4.90 Å². The molecule has 0 spiro atoms. The van der Waals surface area contributed by atoms with Crippen LogP contribution in [0.3, 0.4) is 0 Å². The minimum atomic E-state index is 0.0772. The van der Waals surface area contributed by atoms with E-state index in [0.717, 1.165) is 47.9 Å². The molecule has 4 rings (SSSR count). The molecule has 1 aliphatic carbocycles. The SMILES string of the molecule is Cc1nc(N2[C@H](C)CCC[C@@H]2C)nc2c1C(=O)C[C@H](c1ccco1)C2. The zero-order chi connectivity index (χ0) is 17.6. The van der Waals surface area contributed by atoms with E-state index in [2.05, 4.69) is 18.7 Å². The third-order valence-corrected chi connectivity index (χ3v) is 5.67. The van der Waals surface area contributed by atoms with Gasteiger partial charge in [0.2, 0.25) is 5.95 Å². The molecule has 3 heterocycles. The van der Waals surface area contributed by atoms with Gasteiger partial charge in [-0.25, -0.2) is 9.97 Å². The van der Waals surface area contributed by atoms with Crippen LogP contribution in [0.2, 0.25) is 0 Å². The Morgan fingerprint density at radius 3 is 2.60 bits per heavy atom. The largest absolute Gasteiger partial charge is 0.469 e. The van der Waals surface area contributed by atoms with Crippen LogP contribution in [-0.2, 0) is 6.42 Å². The van der Waals surface area contributed by atoms with Gasteiger partial charge in [0.15, 0.2) is 5.78 Å². The molecule has 0 saturated carbocycles. The summed E-state index contributed by atoms with van der Waals surface area (Å²) in [5.41, 5.74) is 2.42. The summed E-state index contributed by atoms with van der Waals surface area (Å²) in [6.07, 6.45) is 6.46. The molecule has 2 aliphatic rings. The van der Waals surface area contributed by atoms with Gasteiger partial charge in [0, 0.05) is 30.8 Å². The van der Waals surface area contributed by atoms with Crippen LogP contribution in [0.15, 0.2) is 22.8 Å². The maximum absolute atomic E-state index is 12.7. The van der Waals surface area contributed by atoms with Crippen molar-refractivity contribution < 1.29 is 9.21 Å². The van der Waals surface area contributed by atoms with Crippen LogP contribution in [0.25, 0.3) is 0 Å². The number of aryl methyl sites for hydroxylation is 1. The van der Waals surface area contributed by atoms with Gasteiger partial charge in [-0.3, -0.25) is 4.79 Å². The molecule has 0 aromatic carbocycles. The van der Waals surface area contributed by atoms with Crippen LogP contribution in [0.4, 0.5) is 5.95 Å². The van der Waals surface area contributed by atoms with E-state index in [1.807, 2.05) is 19.1 Å². The van der Waals surface area contributed by atoms with E-state index >= 15 is 0 Å². The first-order valence-corrected chi connectivity index (χ1v) is 9.27. The molecule has 0 amide bonds. The first-order valence-electron chi connectivity index (χ1n) is 9.27. The van der Waals surface area contributed by atoms with Crippen molar-refractivity contribution in [3.8, 4) is 0 Å². The van der Waals surface area contributed by atoms with Crippen LogP contribution in [0.1, 0.15) is 73.0 Å². The van der Waals surface area contributed by atoms with Gasteiger partial charge >= 0.3 is 0 Å². The van der Waals surface area contributed by atoms with Crippen molar-refractivity contribution in [3.05, 3.63) is 41.1 Å². The van der Waals surface area contributed by atoms with Gasteiger partial charge in [-0.1, -0.05) is 0 Å². The number of carbonyl (C=O) groups excluding carboxylic acids is 1. The Labute approximate surface area is 148 Å². The Bertz CT molecular complexity index is 774. The third-order valence-electron chi connectivity index (χ3n) is 5.67. The molecule has 0 radical (unpaired) electrons. The molecular formula is C20H25N3O2. The number of anilines is 1. The number of hydrogen-bond donors (Lipinski definition) is 0. The van der Waals surface area contributed by atoms with E-state index in [4.69, 9.17) is 14.4 Å². The topological polar surface area (TPSA) is 59.2 Å². The fourth-order valence-corrected chi connectivity index (χ4v) is 4.41. The Balaban J connectivity index is 1.73. The summed E-state index contributed by atoms with van der Waals surface area (Å²) in [4.78, 5) is 24.6. The van der Waals surface area contributed by atoms with Crippen molar-refractivity contribution in [1.29, 1.82) is 0 Å². The van der Waals surface area contributed by atoms with Gasteiger partial charge in [0.25, 0.3) is 0 Å². The number of furan rings is 1. The molecule has 132 valence electrons. The van der Waals surface area contributed by atoms with E-state index < -0.39 is 0 Å². The predicted octanol–water partition coefficient (Wildman–Crippen LogP) is 4.06. The highest BCUT2D eigenvalue weighted by Gasteiger charge is 2.33. The minimum Gasteiger partial charge on any atom is -0.469 e.